The minimum Gasteiger partial charge on any atom is -0.388 e. The Morgan fingerprint density at radius 2 is 1.71 bits per heavy atom. The van der Waals surface area contributed by atoms with Gasteiger partial charge in [-0.3, -0.25) is 0 Å². The van der Waals surface area contributed by atoms with Crippen molar-refractivity contribution in [1.29, 1.82) is 0 Å². The van der Waals surface area contributed by atoms with E-state index in [0.717, 1.165) is 12.8 Å². The minimum absolute atomic E-state index is 0.327. The van der Waals surface area contributed by atoms with Crippen molar-refractivity contribution in [2.75, 3.05) is 6.54 Å². The zero-order valence-corrected chi connectivity index (χ0v) is 11.5. The van der Waals surface area contributed by atoms with Gasteiger partial charge in [0.25, 0.3) is 0 Å². The molecule has 0 aliphatic rings. The van der Waals surface area contributed by atoms with Crippen LogP contribution < -0.4 is 5.73 Å². The molecular formula is C15H25NO. The lowest BCUT2D eigenvalue weighted by Gasteiger charge is -2.28. The molecule has 3 N–H and O–H groups in total. The Hall–Kier alpha value is -0.860. The van der Waals surface area contributed by atoms with Crippen LogP contribution in [0.3, 0.4) is 0 Å². The zero-order chi connectivity index (χ0) is 13.1. The average molecular weight is 235 g/mol. The molecule has 0 spiro atoms. The molecule has 1 aromatic carbocycles. The summed E-state index contributed by atoms with van der Waals surface area (Å²) in [7, 11) is 0. The van der Waals surface area contributed by atoms with Crippen molar-refractivity contribution in [2.24, 2.45) is 5.73 Å². The largest absolute Gasteiger partial charge is 0.388 e. The first-order valence-corrected chi connectivity index (χ1v) is 6.41. The van der Waals surface area contributed by atoms with E-state index in [-0.39, 0.29) is 0 Å². The normalized spacial score (nSPS) is 14.7. The molecule has 96 valence electrons. The summed E-state index contributed by atoms with van der Waals surface area (Å²) in [6.45, 7) is 8.73. The zero-order valence-electron chi connectivity index (χ0n) is 11.5. The Morgan fingerprint density at radius 3 is 2.12 bits per heavy atom. The predicted octanol–water partition coefficient (Wildman–Crippen LogP) is 2.64. The summed E-state index contributed by atoms with van der Waals surface area (Å²) >= 11 is 0. The molecule has 2 nitrogen and oxygen atoms in total. The average Bonchev–Trinajstić information content (AvgIpc) is 2.24. The standard InChI is InChI=1S/C15H25NO/c1-5-6-15(17,10-16)9-14-12(3)7-11(2)8-13(14)4/h7-8,17H,5-6,9-10,16H2,1-4H3. The lowest BCUT2D eigenvalue weighted by molar-refractivity contribution is 0.0396. The molecule has 1 rings (SSSR count). The van der Waals surface area contributed by atoms with E-state index < -0.39 is 5.60 Å². The van der Waals surface area contributed by atoms with Gasteiger partial charge in [-0.1, -0.05) is 31.0 Å². The molecule has 2 heteroatoms. The second kappa shape index (κ2) is 5.65. The highest BCUT2D eigenvalue weighted by molar-refractivity contribution is 5.38. The van der Waals surface area contributed by atoms with Crippen molar-refractivity contribution in [3.63, 3.8) is 0 Å². The molecular weight excluding hydrogens is 210 g/mol. The summed E-state index contributed by atoms with van der Waals surface area (Å²) in [5.74, 6) is 0. The SMILES string of the molecule is CCCC(O)(CN)Cc1c(C)cc(C)cc1C. The fourth-order valence-electron chi connectivity index (χ4n) is 2.55. The number of hydrogen-bond acceptors (Lipinski definition) is 2. The van der Waals surface area contributed by atoms with Crippen LogP contribution in [0.5, 0.6) is 0 Å². The summed E-state index contributed by atoms with van der Waals surface area (Å²) < 4.78 is 0. The van der Waals surface area contributed by atoms with Crippen LogP contribution in [-0.2, 0) is 6.42 Å². The fraction of sp³-hybridized carbons (Fsp3) is 0.600. The van der Waals surface area contributed by atoms with Crippen molar-refractivity contribution in [3.8, 4) is 0 Å². The van der Waals surface area contributed by atoms with E-state index in [1.807, 2.05) is 0 Å². The molecule has 17 heavy (non-hydrogen) atoms. The van der Waals surface area contributed by atoms with Crippen LogP contribution in [0.25, 0.3) is 0 Å². The van der Waals surface area contributed by atoms with Gasteiger partial charge in [-0.05, 0) is 43.9 Å². The van der Waals surface area contributed by atoms with E-state index in [1.54, 1.807) is 0 Å². The first-order chi connectivity index (χ1) is 7.91. The number of nitrogens with two attached hydrogens (primary N) is 1. The first kappa shape index (κ1) is 14.2. The molecule has 1 unspecified atom stereocenters. The van der Waals surface area contributed by atoms with Crippen molar-refractivity contribution in [1.82, 2.24) is 0 Å². The number of rotatable bonds is 5. The number of aliphatic hydroxyl groups is 1. The van der Waals surface area contributed by atoms with Gasteiger partial charge in [0.15, 0.2) is 0 Å². The highest BCUT2D eigenvalue weighted by atomic mass is 16.3. The van der Waals surface area contributed by atoms with Crippen LogP contribution in [0, 0.1) is 20.8 Å². The molecule has 0 radical (unpaired) electrons. The second-order valence-electron chi connectivity index (χ2n) is 5.23. The lowest BCUT2D eigenvalue weighted by Crippen LogP contribution is -2.40. The number of aryl methyl sites for hydroxylation is 3. The topological polar surface area (TPSA) is 46.2 Å². The van der Waals surface area contributed by atoms with Gasteiger partial charge in [0.2, 0.25) is 0 Å². The van der Waals surface area contributed by atoms with Gasteiger partial charge in [0, 0.05) is 13.0 Å². The molecule has 0 aliphatic carbocycles. The summed E-state index contributed by atoms with van der Waals surface area (Å²) in [5, 5.41) is 10.5. The van der Waals surface area contributed by atoms with Crippen molar-refractivity contribution < 1.29 is 5.11 Å². The van der Waals surface area contributed by atoms with Crippen molar-refractivity contribution >= 4 is 0 Å². The van der Waals surface area contributed by atoms with Gasteiger partial charge in [-0.15, -0.1) is 0 Å². The molecule has 1 atom stereocenters. The number of hydrogen-bond donors (Lipinski definition) is 2. The molecule has 0 aromatic heterocycles. The molecule has 0 aliphatic heterocycles. The third-order valence-electron chi connectivity index (χ3n) is 3.44. The van der Waals surface area contributed by atoms with Gasteiger partial charge in [-0.25, -0.2) is 0 Å². The molecule has 0 bridgehead atoms. The maximum atomic E-state index is 10.5. The number of benzene rings is 1. The van der Waals surface area contributed by atoms with Crippen LogP contribution in [0.15, 0.2) is 12.1 Å². The van der Waals surface area contributed by atoms with Crippen LogP contribution in [0.2, 0.25) is 0 Å². The van der Waals surface area contributed by atoms with Crippen molar-refractivity contribution in [2.45, 2.75) is 52.6 Å². The molecule has 1 aromatic rings. The molecule has 0 saturated heterocycles. The first-order valence-electron chi connectivity index (χ1n) is 6.41. The van der Waals surface area contributed by atoms with Crippen LogP contribution in [0.1, 0.15) is 42.0 Å². The van der Waals surface area contributed by atoms with Crippen LogP contribution in [0.4, 0.5) is 0 Å². The Balaban J connectivity index is 3.01. The van der Waals surface area contributed by atoms with Crippen LogP contribution in [-0.4, -0.2) is 17.3 Å². The summed E-state index contributed by atoms with van der Waals surface area (Å²) in [6.07, 6.45) is 2.38. The molecule has 0 amide bonds. The maximum Gasteiger partial charge on any atom is 0.0809 e. The predicted molar refractivity (Wildman–Crippen MR) is 73.3 cm³/mol. The van der Waals surface area contributed by atoms with Gasteiger partial charge >= 0.3 is 0 Å². The molecule has 0 fully saturated rings. The smallest absolute Gasteiger partial charge is 0.0809 e. The van der Waals surface area contributed by atoms with Gasteiger partial charge in [-0.2, -0.15) is 0 Å². The monoisotopic (exact) mass is 235 g/mol. The van der Waals surface area contributed by atoms with Gasteiger partial charge < -0.3 is 10.8 Å². The van der Waals surface area contributed by atoms with Crippen LogP contribution >= 0.6 is 0 Å². The van der Waals surface area contributed by atoms with E-state index >= 15 is 0 Å². The van der Waals surface area contributed by atoms with E-state index in [4.69, 9.17) is 5.73 Å². The molecule has 0 heterocycles. The van der Waals surface area contributed by atoms with Gasteiger partial charge in [0.05, 0.1) is 5.60 Å². The Kier molecular flexibility index (Phi) is 4.72. The highest BCUT2D eigenvalue weighted by Crippen LogP contribution is 2.24. The fourth-order valence-corrected chi connectivity index (χ4v) is 2.55. The van der Waals surface area contributed by atoms with E-state index in [0.29, 0.717) is 13.0 Å². The third kappa shape index (κ3) is 3.55. The lowest BCUT2D eigenvalue weighted by atomic mass is 9.86. The molecule has 0 saturated carbocycles. The summed E-state index contributed by atoms with van der Waals surface area (Å²) in [6, 6.07) is 4.34. The third-order valence-corrected chi connectivity index (χ3v) is 3.44. The van der Waals surface area contributed by atoms with Crippen molar-refractivity contribution in [3.05, 3.63) is 34.4 Å². The Labute approximate surface area is 105 Å². The quantitative estimate of drug-likeness (QED) is 0.824. The highest BCUT2D eigenvalue weighted by Gasteiger charge is 2.25. The second-order valence-corrected chi connectivity index (χ2v) is 5.23. The van der Waals surface area contributed by atoms with E-state index in [2.05, 4.69) is 39.8 Å². The van der Waals surface area contributed by atoms with Gasteiger partial charge in [0.1, 0.15) is 0 Å². The van der Waals surface area contributed by atoms with E-state index in [9.17, 15) is 5.11 Å². The maximum absolute atomic E-state index is 10.5. The van der Waals surface area contributed by atoms with E-state index in [1.165, 1.54) is 22.3 Å². The Bertz CT molecular complexity index is 364. The minimum atomic E-state index is -0.750. The Morgan fingerprint density at radius 1 is 1.18 bits per heavy atom. The summed E-state index contributed by atoms with van der Waals surface area (Å²) in [4.78, 5) is 0. The summed E-state index contributed by atoms with van der Waals surface area (Å²) in [5.41, 5.74) is 10.0.